The number of nitrogens with one attached hydrogen (secondary N) is 2. The molecular weight excluding hydrogens is 324 g/mol. The van der Waals surface area contributed by atoms with E-state index in [0.29, 0.717) is 35.6 Å². The van der Waals surface area contributed by atoms with Crippen LogP contribution in [-0.4, -0.2) is 34.0 Å². The van der Waals surface area contributed by atoms with Gasteiger partial charge in [-0.15, -0.1) is 0 Å². The minimum Gasteiger partial charge on any atom is -0.490 e. The first-order valence-corrected chi connectivity index (χ1v) is 7.90. The van der Waals surface area contributed by atoms with Crippen molar-refractivity contribution in [1.29, 1.82) is 0 Å². The quantitative estimate of drug-likeness (QED) is 0.713. The molecule has 25 heavy (non-hydrogen) atoms. The van der Waals surface area contributed by atoms with Crippen molar-refractivity contribution in [3.05, 3.63) is 52.6 Å². The van der Waals surface area contributed by atoms with Crippen LogP contribution in [0.25, 0.3) is 10.9 Å². The maximum absolute atomic E-state index is 12.7. The van der Waals surface area contributed by atoms with Crippen molar-refractivity contribution in [3.8, 4) is 11.5 Å². The zero-order chi connectivity index (χ0) is 17.8. The van der Waals surface area contributed by atoms with Gasteiger partial charge in [-0.1, -0.05) is 0 Å². The summed E-state index contributed by atoms with van der Waals surface area (Å²) in [5.74, 6) is 0.451. The summed E-state index contributed by atoms with van der Waals surface area (Å²) in [6.07, 6.45) is 4.46. The van der Waals surface area contributed by atoms with E-state index >= 15 is 0 Å². The Morgan fingerprint density at radius 2 is 1.96 bits per heavy atom. The topological polar surface area (TPSA) is 98.2 Å². The number of H-pyrrole nitrogens is 1. The summed E-state index contributed by atoms with van der Waals surface area (Å²) in [7, 11) is 0. The van der Waals surface area contributed by atoms with Gasteiger partial charge in [0.1, 0.15) is 5.56 Å². The number of benzene rings is 1. The second-order valence-electron chi connectivity index (χ2n) is 5.13. The molecule has 0 spiro atoms. The summed E-state index contributed by atoms with van der Waals surface area (Å²) in [5, 5.41) is 4.23. The zero-order valence-corrected chi connectivity index (χ0v) is 13.9. The van der Waals surface area contributed by atoms with Crippen LogP contribution >= 0.6 is 0 Å². The van der Waals surface area contributed by atoms with E-state index in [4.69, 9.17) is 9.47 Å². The lowest BCUT2D eigenvalue weighted by Gasteiger charge is -2.12. The predicted octanol–water partition coefficient (Wildman–Crippen LogP) is 1.91. The molecule has 0 unspecified atom stereocenters. The van der Waals surface area contributed by atoms with Crippen LogP contribution in [0.4, 0.5) is 0 Å². The molecule has 8 nitrogen and oxygen atoms in total. The van der Waals surface area contributed by atoms with Crippen molar-refractivity contribution in [1.82, 2.24) is 14.9 Å². The number of carbonyl (C=O) groups is 1. The first kappa shape index (κ1) is 16.6. The van der Waals surface area contributed by atoms with Gasteiger partial charge >= 0.3 is 0 Å². The molecule has 0 radical (unpaired) electrons. The Hall–Kier alpha value is -3.29. The number of rotatable bonds is 6. The zero-order valence-electron chi connectivity index (χ0n) is 13.9. The third kappa shape index (κ3) is 3.32. The second kappa shape index (κ2) is 7.08. The highest BCUT2D eigenvalue weighted by Crippen LogP contribution is 2.31. The standard InChI is InChI=1S/C17H18N4O4/c1-3-24-14-8-11-13(9-15(14)25-4-2)18-10-12(16(11)22)17(23)20-21-7-5-6-19-21/h5-10H,3-4H2,1-2H3,(H,18,22)(H,20,23). The molecule has 2 N–H and O–H groups in total. The Balaban J connectivity index is 2.05. The summed E-state index contributed by atoms with van der Waals surface area (Å²) in [6, 6.07) is 4.95. The molecule has 1 aromatic carbocycles. The van der Waals surface area contributed by atoms with E-state index < -0.39 is 11.3 Å². The Bertz CT molecular complexity index is 947. The van der Waals surface area contributed by atoms with E-state index in [-0.39, 0.29) is 5.56 Å². The van der Waals surface area contributed by atoms with E-state index in [2.05, 4.69) is 15.5 Å². The molecule has 8 heteroatoms. The number of ether oxygens (including phenoxy) is 2. The average molecular weight is 342 g/mol. The Labute approximate surface area is 143 Å². The number of nitrogens with zero attached hydrogens (tertiary/aromatic N) is 2. The lowest BCUT2D eigenvalue weighted by atomic mass is 10.1. The number of hydrogen-bond acceptors (Lipinski definition) is 5. The molecule has 0 saturated heterocycles. The molecule has 130 valence electrons. The number of aromatic amines is 1. The summed E-state index contributed by atoms with van der Waals surface area (Å²) in [4.78, 5) is 29.2. The fourth-order valence-electron chi connectivity index (χ4n) is 2.43. The maximum atomic E-state index is 12.7. The highest BCUT2D eigenvalue weighted by Gasteiger charge is 2.16. The van der Waals surface area contributed by atoms with Crippen LogP contribution in [0.2, 0.25) is 0 Å². The van der Waals surface area contributed by atoms with Gasteiger partial charge in [0.25, 0.3) is 5.91 Å². The molecule has 0 fully saturated rings. The number of pyridine rings is 1. The molecule has 0 atom stereocenters. The van der Waals surface area contributed by atoms with Crippen molar-refractivity contribution in [3.63, 3.8) is 0 Å². The van der Waals surface area contributed by atoms with Crippen LogP contribution in [0.15, 0.2) is 41.6 Å². The van der Waals surface area contributed by atoms with Crippen LogP contribution in [0.5, 0.6) is 11.5 Å². The molecule has 1 amide bonds. The third-order valence-corrected chi connectivity index (χ3v) is 3.51. The number of hydrogen-bond donors (Lipinski definition) is 2. The lowest BCUT2D eigenvalue weighted by molar-refractivity contribution is 0.100. The van der Waals surface area contributed by atoms with Gasteiger partial charge in [-0.05, 0) is 26.0 Å². The molecular formula is C17H18N4O4. The minimum absolute atomic E-state index is 0.0189. The molecule has 2 aromatic heterocycles. The largest absolute Gasteiger partial charge is 0.490 e. The van der Waals surface area contributed by atoms with Crippen LogP contribution in [-0.2, 0) is 0 Å². The SMILES string of the molecule is CCOc1cc2[nH]cc(C(=O)Nn3cccn3)c(=O)c2cc1OCC. The van der Waals surface area contributed by atoms with Gasteiger partial charge in [-0.2, -0.15) is 9.89 Å². The van der Waals surface area contributed by atoms with Gasteiger partial charge in [0.15, 0.2) is 11.5 Å². The van der Waals surface area contributed by atoms with E-state index in [0.717, 1.165) is 0 Å². The Kier molecular flexibility index (Phi) is 4.69. The van der Waals surface area contributed by atoms with E-state index in [1.54, 1.807) is 24.4 Å². The van der Waals surface area contributed by atoms with Crippen LogP contribution in [0, 0.1) is 0 Å². The van der Waals surface area contributed by atoms with Crippen molar-refractivity contribution < 1.29 is 14.3 Å². The monoisotopic (exact) mass is 342 g/mol. The first-order chi connectivity index (χ1) is 12.1. The summed E-state index contributed by atoms with van der Waals surface area (Å²) in [6.45, 7) is 4.62. The number of aromatic nitrogens is 3. The molecule has 0 aliphatic heterocycles. The molecule has 3 rings (SSSR count). The molecule has 0 saturated carbocycles. The highest BCUT2D eigenvalue weighted by molar-refractivity contribution is 6.02. The predicted molar refractivity (Wildman–Crippen MR) is 92.8 cm³/mol. The normalized spacial score (nSPS) is 10.6. The smallest absolute Gasteiger partial charge is 0.276 e. The lowest BCUT2D eigenvalue weighted by Crippen LogP contribution is -2.28. The number of amides is 1. The van der Waals surface area contributed by atoms with Gasteiger partial charge in [-0.25, -0.2) is 5.43 Å². The van der Waals surface area contributed by atoms with Crippen LogP contribution < -0.4 is 20.3 Å². The number of fused-ring (bicyclic) bond motifs is 1. The van der Waals surface area contributed by atoms with Gasteiger partial charge in [-0.3, -0.25) is 9.59 Å². The Morgan fingerprint density at radius 3 is 2.60 bits per heavy atom. The molecule has 2 heterocycles. The van der Waals surface area contributed by atoms with Crippen LogP contribution in [0.3, 0.4) is 0 Å². The van der Waals surface area contributed by atoms with E-state index in [9.17, 15) is 9.59 Å². The first-order valence-electron chi connectivity index (χ1n) is 7.90. The minimum atomic E-state index is -0.557. The van der Waals surface area contributed by atoms with E-state index in [1.807, 2.05) is 13.8 Å². The summed E-state index contributed by atoms with van der Waals surface area (Å²) >= 11 is 0. The average Bonchev–Trinajstić information content (AvgIpc) is 3.09. The molecule has 3 aromatic rings. The summed E-state index contributed by atoms with van der Waals surface area (Å²) < 4.78 is 11.1. The van der Waals surface area contributed by atoms with Crippen molar-refractivity contribution in [2.45, 2.75) is 13.8 Å². The molecule has 0 bridgehead atoms. The summed E-state index contributed by atoms with van der Waals surface area (Å²) in [5.41, 5.74) is 2.65. The van der Waals surface area contributed by atoms with Gasteiger partial charge in [0, 0.05) is 18.5 Å². The Morgan fingerprint density at radius 1 is 1.24 bits per heavy atom. The fraction of sp³-hybridized carbons (Fsp3) is 0.235. The van der Waals surface area contributed by atoms with Gasteiger partial charge < -0.3 is 14.5 Å². The fourth-order valence-corrected chi connectivity index (χ4v) is 2.43. The highest BCUT2D eigenvalue weighted by atomic mass is 16.5. The maximum Gasteiger partial charge on any atom is 0.276 e. The van der Waals surface area contributed by atoms with Crippen molar-refractivity contribution in [2.75, 3.05) is 18.6 Å². The molecule has 0 aliphatic rings. The van der Waals surface area contributed by atoms with Gasteiger partial charge in [0.2, 0.25) is 5.43 Å². The van der Waals surface area contributed by atoms with Crippen molar-refractivity contribution >= 4 is 16.8 Å². The van der Waals surface area contributed by atoms with E-state index in [1.165, 1.54) is 17.2 Å². The third-order valence-electron chi connectivity index (χ3n) is 3.51. The second-order valence-corrected chi connectivity index (χ2v) is 5.13. The molecule has 0 aliphatic carbocycles. The number of carbonyl (C=O) groups excluding carboxylic acids is 1. The van der Waals surface area contributed by atoms with Crippen LogP contribution in [0.1, 0.15) is 24.2 Å². The van der Waals surface area contributed by atoms with Crippen molar-refractivity contribution in [2.24, 2.45) is 0 Å². The van der Waals surface area contributed by atoms with Gasteiger partial charge in [0.05, 0.1) is 30.3 Å².